The molecule has 6 nitrogen and oxygen atoms in total. The van der Waals surface area contributed by atoms with Gasteiger partial charge in [0.15, 0.2) is 19.7 Å². The largest absolute Gasteiger partial charge is 0.306 e. The normalized spacial score (nSPS) is 22.3. The Morgan fingerprint density at radius 1 is 1.12 bits per heavy atom. The molecule has 3 rings (SSSR count). The lowest BCUT2D eigenvalue weighted by Gasteiger charge is -2.20. The van der Waals surface area contributed by atoms with Crippen LogP contribution in [0.15, 0.2) is 53.6 Å². The molecule has 0 saturated carbocycles. The molecule has 1 aliphatic rings. The van der Waals surface area contributed by atoms with E-state index in [-0.39, 0.29) is 16.4 Å². The van der Waals surface area contributed by atoms with Crippen molar-refractivity contribution in [1.82, 2.24) is 10.3 Å². The third-order valence-corrected chi connectivity index (χ3v) is 8.80. The molecule has 2 aromatic rings. The summed E-state index contributed by atoms with van der Waals surface area (Å²) >= 11 is 0. The van der Waals surface area contributed by atoms with Crippen molar-refractivity contribution in [1.29, 1.82) is 0 Å². The molecule has 1 fully saturated rings. The summed E-state index contributed by atoms with van der Waals surface area (Å²) in [7, 11) is -7.17. The molecule has 0 spiro atoms. The molecule has 1 aliphatic heterocycles. The fourth-order valence-electron chi connectivity index (χ4n) is 3.14. The predicted octanol–water partition coefficient (Wildman–Crippen LogP) is 1.37. The van der Waals surface area contributed by atoms with Gasteiger partial charge in [0.05, 0.1) is 27.3 Å². The van der Waals surface area contributed by atoms with Crippen LogP contribution in [0, 0.1) is 0 Å². The highest BCUT2D eigenvalue weighted by molar-refractivity contribution is 7.96. The lowest BCUT2D eigenvalue weighted by atomic mass is 10.2. The average Bonchev–Trinajstić information content (AvgIpc) is 2.96. The van der Waals surface area contributed by atoms with E-state index in [0.29, 0.717) is 6.54 Å². The number of rotatable bonds is 6. The van der Waals surface area contributed by atoms with Gasteiger partial charge in [-0.1, -0.05) is 25.1 Å². The third kappa shape index (κ3) is 4.13. The van der Waals surface area contributed by atoms with Gasteiger partial charge in [0.1, 0.15) is 0 Å². The molecule has 140 valence electrons. The Hall–Kier alpha value is -1.77. The molecule has 0 aliphatic carbocycles. The van der Waals surface area contributed by atoms with Crippen LogP contribution in [0.3, 0.4) is 0 Å². The Balaban J connectivity index is 1.84. The summed E-state index contributed by atoms with van der Waals surface area (Å²) in [4.78, 5) is 4.35. The van der Waals surface area contributed by atoms with Gasteiger partial charge in [0.2, 0.25) is 0 Å². The molecule has 1 N–H and O–H groups in total. The molecular formula is C18H22N2O4S2. The van der Waals surface area contributed by atoms with Crippen LogP contribution in [0.2, 0.25) is 0 Å². The lowest BCUT2D eigenvalue weighted by molar-refractivity contribution is 0.523. The monoisotopic (exact) mass is 394 g/mol. The highest BCUT2D eigenvalue weighted by Crippen LogP contribution is 2.26. The molecule has 2 heterocycles. The Labute approximate surface area is 154 Å². The molecule has 0 radical (unpaired) electrons. The minimum absolute atomic E-state index is 0.168. The van der Waals surface area contributed by atoms with E-state index in [4.69, 9.17) is 0 Å². The van der Waals surface area contributed by atoms with Crippen LogP contribution in [-0.2, 0) is 32.6 Å². The van der Waals surface area contributed by atoms with E-state index in [2.05, 4.69) is 10.3 Å². The minimum Gasteiger partial charge on any atom is -0.306 e. The van der Waals surface area contributed by atoms with Gasteiger partial charge in [0.25, 0.3) is 0 Å². The van der Waals surface area contributed by atoms with E-state index in [1.54, 1.807) is 36.5 Å². The summed E-state index contributed by atoms with van der Waals surface area (Å²) in [5, 5.41) is 2.08. The number of hydrogen-bond acceptors (Lipinski definition) is 6. The molecule has 8 heteroatoms. The summed E-state index contributed by atoms with van der Waals surface area (Å²) < 4.78 is 50.3. The van der Waals surface area contributed by atoms with Crippen molar-refractivity contribution in [3.63, 3.8) is 0 Å². The highest BCUT2D eigenvalue weighted by atomic mass is 32.2. The molecule has 1 aromatic heterocycles. The third-order valence-electron chi connectivity index (χ3n) is 4.63. The van der Waals surface area contributed by atoms with Gasteiger partial charge in [-0.05, 0) is 36.2 Å². The number of hydrogen-bond donors (Lipinski definition) is 1. The van der Waals surface area contributed by atoms with Gasteiger partial charge >= 0.3 is 0 Å². The van der Waals surface area contributed by atoms with Crippen molar-refractivity contribution in [2.24, 2.45) is 0 Å². The Morgan fingerprint density at radius 3 is 2.46 bits per heavy atom. The summed E-state index contributed by atoms with van der Waals surface area (Å²) in [6.45, 7) is 2.31. The number of sulfone groups is 2. The molecule has 0 unspecified atom stereocenters. The second-order valence-corrected chi connectivity index (χ2v) is 10.8. The van der Waals surface area contributed by atoms with E-state index in [1.165, 1.54) is 0 Å². The maximum absolute atomic E-state index is 13.0. The Kier molecular flexibility index (Phi) is 5.45. The molecule has 1 aromatic carbocycles. The molecule has 0 amide bonds. The fraction of sp³-hybridized carbons (Fsp3) is 0.389. The quantitative estimate of drug-likeness (QED) is 0.795. The summed E-state index contributed by atoms with van der Waals surface area (Å²) in [5.41, 5.74) is 1.77. The summed E-state index contributed by atoms with van der Waals surface area (Å²) in [6.07, 6.45) is 2.46. The zero-order valence-electron chi connectivity index (χ0n) is 14.5. The van der Waals surface area contributed by atoms with Crippen molar-refractivity contribution in [3.8, 4) is 0 Å². The number of benzene rings is 1. The first-order valence-corrected chi connectivity index (χ1v) is 11.8. The van der Waals surface area contributed by atoms with Crippen molar-refractivity contribution in [2.75, 3.05) is 11.5 Å². The zero-order chi connectivity index (χ0) is 18.8. The van der Waals surface area contributed by atoms with Gasteiger partial charge < -0.3 is 5.32 Å². The van der Waals surface area contributed by atoms with Crippen molar-refractivity contribution >= 4 is 19.7 Å². The summed E-state index contributed by atoms with van der Waals surface area (Å²) in [6, 6.07) is 11.4. The molecule has 2 atom stereocenters. The van der Waals surface area contributed by atoms with Crippen molar-refractivity contribution < 1.29 is 16.8 Å². The SMILES string of the molecule is CCc1ccc(S(=O)(=O)[C@@H]2CS(=O)(=O)C[C@H]2NCc2ccccn2)cc1. The van der Waals surface area contributed by atoms with Gasteiger partial charge in [-0.15, -0.1) is 0 Å². The number of nitrogens with zero attached hydrogens (tertiary/aromatic N) is 1. The van der Waals surface area contributed by atoms with Crippen molar-refractivity contribution in [3.05, 3.63) is 59.9 Å². The smallest absolute Gasteiger partial charge is 0.183 e. The van der Waals surface area contributed by atoms with E-state index in [9.17, 15) is 16.8 Å². The van der Waals surface area contributed by atoms with Gasteiger partial charge in [0, 0.05) is 18.8 Å². The van der Waals surface area contributed by atoms with E-state index in [0.717, 1.165) is 17.7 Å². The Morgan fingerprint density at radius 2 is 1.85 bits per heavy atom. The number of aromatic nitrogens is 1. The first-order chi connectivity index (χ1) is 12.3. The average molecular weight is 395 g/mol. The van der Waals surface area contributed by atoms with Crippen LogP contribution >= 0.6 is 0 Å². The minimum atomic E-state index is -3.75. The van der Waals surface area contributed by atoms with E-state index in [1.807, 2.05) is 19.1 Å². The molecule has 1 saturated heterocycles. The van der Waals surface area contributed by atoms with Crippen LogP contribution in [0.5, 0.6) is 0 Å². The van der Waals surface area contributed by atoms with Gasteiger partial charge in [-0.3, -0.25) is 4.98 Å². The maximum atomic E-state index is 13.0. The summed E-state index contributed by atoms with van der Waals surface area (Å²) in [5.74, 6) is -0.540. The second kappa shape index (κ2) is 7.46. The van der Waals surface area contributed by atoms with Crippen LogP contribution in [-0.4, -0.2) is 44.6 Å². The Bertz CT molecular complexity index is 956. The topological polar surface area (TPSA) is 93.2 Å². The van der Waals surface area contributed by atoms with Crippen LogP contribution in [0.1, 0.15) is 18.2 Å². The highest BCUT2D eigenvalue weighted by Gasteiger charge is 2.45. The number of aryl methyl sites for hydroxylation is 1. The van der Waals surface area contributed by atoms with Gasteiger partial charge in [-0.2, -0.15) is 0 Å². The standard InChI is InChI=1S/C18H22N2O4S2/c1-2-14-6-8-16(9-7-14)26(23,24)18-13-25(21,22)12-17(18)20-11-15-5-3-4-10-19-15/h3-10,17-18,20H,2,11-13H2,1H3/t17-,18-/m1/s1. The molecule has 0 bridgehead atoms. The van der Waals surface area contributed by atoms with Crippen LogP contribution in [0.25, 0.3) is 0 Å². The number of pyridine rings is 1. The second-order valence-electron chi connectivity index (χ2n) is 6.47. The van der Waals surface area contributed by atoms with Crippen LogP contribution < -0.4 is 5.32 Å². The van der Waals surface area contributed by atoms with Gasteiger partial charge in [-0.25, -0.2) is 16.8 Å². The first kappa shape index (κ1) is 19.0. The maximum Gasteiger partial charge on any atom is 0.183 e. The molecule has 26 heavy (non-hydrogen) atoms. The first-order valence-electron chi connectivity index (χ1n) is 8.48. The van der Waals surface area contributed by atoms with E-state index >= 15 is 0 Å². The lowest BCUT2D eigenvalue weighted by Crippen LogP contribution is -2.43. The van der Waals surface area contributed by atoms with E-state index < -0.39 is 31.0 Å². The van der Waals surface area contributed by atoms with Crippen molar-refractivity contribution in [2.45, 2.75) is 36.1 Å². The number of nitrogens with one attached hydrogen (secondary N) is 1. The van der Waals surface area contributed by atoms with Crippen LogP contribution in [0.4, 0.5) is 0 Å². The fourth-order valence-corrected chi connectivity index (χ4v) is 7.86. The zero-order valence-corrected chi connectivity index (χ0v) is 16.1. The molecular weight excluding hydrogens is 372 g/mol. The predicted molar refractivity (Wildman–Crippen MR) is 100 cm³/mol.